The van der Waals surface area contributed by atoms with Gasteiger partial charge in [-0.05, 0) is 100 Å². The van der Waals surface area contributed by atoms with Crippen molar-refractivity contribution < 1.29 is 5.11 Å². The molecule has 0 unspecified atom stereocenters. The average molecular weight is 372 g/mol. The Morgan fingerprint density at radius 2 is 1.54 bits per heavy atom. The van der Waals surface area contributed by atoms with Crippen LogP contribution in [0.3, 0.4) is 0 Å². The minimum atomic E-state index is 0.267. The van der Waals surface area contributed by atoms with Gasteiger partial charge >= 0.3 is 0 Å². The van der Waals surface area contributed by atoms with E-state index in [1.807, 2.05) is 38.1 Å². The summed E-state index contributed by atoms with van der Waals surface area (Å²) in [5.74, 6) is 0.267. The van der Waals surface area contributed by atoms with Gasteiger partial charge < -0.3 is 5.11 Å². The SMILES string of the molecule is C=CCc1cc(-c2cc(C)c(N=O)c(-c3ccc(N=O)cc3)c2)cc(C)c1O. The molecular formula is C23H20N2O3. The molecule has 0 saturated heterocycles. The molecule has 0 aliphatic carbocycles. The largest absolute Gasteiger partial charge is 0.507 e. The summed E-state index contributed by atoms with van der Waals surface area (Å²) in [5, 5.41) is 16.4. The molecule has 0 bridgehead atoms. The Balaban J connectivity index is 2.20. The first kappa shape index (κ1) is 19.2. The van der Waals surface area contributed by atoms with E-state index < -0.39 is 0 Å². The minimum absolute atomic E-state index is 0.267. The van der Waals surface area contributed by atoms with E-state index in [-0.39, 0.29) is 5.75 Å². The molecule has 28 heavy (non-hydrogen) atoms. The van der Waals surface area contributed by atoms with Crippen LogP contribution in [-0.4, -0.2) is 5.11 Å². The van der Waals surface area contributed by atoms with E-state index in [4.69, 9.17) is 0 Å². The van der Waals surface area contributed by atoms with Crippen LogP contribution in [0, 0.1) is 23.7 Å². The Hall–Kier alpha value is -3.60. The van der Waals surface area contributed by atoms with Crippen LogP contribution in [0.1, 0.15) is 16.7 Å². The number of hydrogen-bond donors (Lipinski definition) is 1. The van der Waals surface area contributed by atoms with Crippen molar-refractivity contribution in [2.45, 2.75) is 20.3 Å². The standard InChI is InChI=1S/C23H20N2O3/c1-4-5-17-12-18(11-15(3)23(17)26)19-10-14(2)22(25-28)21(13-19)16-6-8-20(24-27)9-7-16/h4,6-13,26H,1,5H2,2-3H3. The first-order chi connectivity index (χ1) is 13.5. The summed E-state index contributed by atoms with van der Waals surface area (Å²) in [6.45, 7) is 7.43. The molecule has 0 atom stereocenters. The molecule has 5 heteroatoms. The molecule has 0 saturated carbocycles. The molecule has 0 radical (unpaired) electrons. The minimum Gasteiger partial charge on any atom is -0.507 e. The van der Waals surface area contributed by atoms with Crippen LogP contribution in [0.25, 0.3) is 22.3 Å². The van der Waals surface area contributed by atoms with Gasteiger partial charge in [0.25, 0.3) is 0 Å². The molecule has 140 valence electrons. The van der Waals surface area contributed by atoms with Gasteiger partial charge in [0, 0.05) is 5.56 Å². The highest BCUT2D eigenvalue weighted by molar-refractivity contribution is 5.84. The van der Waals surface area contributed by atoms with Gasteiger partial charge in [-0.2, -0.15) is 0 Å². The van der Waals surface area contributed by atoms with Crippen LogP contribution in [0.15, 0.2) is 71.5 Å². The zero-order valence-corrected chi connectivity index (χ0v) is 15.8. The summed E-state index contributed by atoms with van der Waals surface area (Å²) < 4.78 is 0. The number of rotatable bonds is 6. The first-order valence-corrected chi connectivity index (χ1v) is 8.84. The van der Waals surface area contributed by atoms with E-state index >= 15 is 0 Å². The van der Waals surface area contributed by atoms with E-state index in [1.54, 1.807) is 30.3 Å². The Morgan fingerprint density at radius 3 is 2.14 bits per heavy atom. The summed E-state index contributed by atoms with van der Waals surface area (Å²) >= 11 is 0. The lowest BCUT2D eigenvalue weighted by molar-refractivity contribution is 0.465. The fourth-order valence-corrected chi connectivity index (χ4v) is 3.32. The second-order valence-electron chi connectivity index (χ2n) is 6.71. The van der Waals surface area contributed by atoms with E-state index in [0.717, 1.165) is 33.4 Å². The summed E-state index contributed by atoms with van der Waals surface area (Å²) in [4.78, 5) is 22.1. The highest BCUT2D eigenvalue weighted by Crippen LogP contribution is 2.39. The molecule has 0 aliphatic heterocycles. The lowest BCUT2D eigenvalue weighted by Gasteiger charge is -2.14. The number of nitrogens with zero attached hydrogens (tertiary/aromatic N) is 2. The number of hydrogen-bond acceptors (Lipinski definition) is 5. The maximum atomic E-state index is 11.5. The van der Waals surface area contributed by atoms with Crippen molar-refractivity contribution >= 4 is 11.4 Å². The van der Waals surface area contributed by atoms with Crippen LogP contribution in [-0.2, 0) is 6.42 Å². The van der Waals surface area contributed by atoms with Crippen LogP contribution in [0.5, 0.6) is 5.75 Å². The molecule has 5 nitrogen and oxygen atoms in total. The average Bonchev–Trinajstić information content (AvgIpc) is 2.70. The molecule has 3 rings (SSSR count). The molecule has 0 fully saturated rings. The second kappa shape index (κ2) is 7.96. The molecule has 0 spiro atoms. The number of aryl methyl sites for hydroxylation is 2. The lowest BCUT2D eigenvalue weighted by atomic mass is 9.92. The number of phenolic OH excluding ortho intramolecular Hbond substituents is 1. The van der Waals surface area contributed by atoms with E-state index in [2.05, 4.69) is 16.9 Å². The number of benzene rings is 3. The Kier molecular flexibility index (Phi) is 5.45. The van der Waals surface area contributed by atoms with Gasteiger partial charge in [0.05, 0.1) is 0 Å². The van der Waals surface area contributed by atoms with Crippen molar-refractivity contribution in [3.8, 4) is 28.0 Å². The number of phenols is 1. The van der Waals surface area contributed by atoms with E-state index in [0.29, 0.717) is 23.4 Å². The summed E-state index contributed by atoms with van der Waals surface area (Å²) in [5.41, 5.74) is 6.28. The first-order valence-electron chi connectivity index (χ1n) is 8.84. The topological polar surface area (TPSA) is 79.1 Å². The van der Waals surface area contributed by atoms with Gasteiger partial charge in [-0.1, -0.05) is 18.2 Å². The van der Waals surface area contributed by atoms with Gasteiger partial charge in [0.1, 0.15) is 17.1 Å². The predicted octanol–water partition coefficient (Wildman–Crippen LogP) is 6.87. The van der Waals surface area contributed by atoms with Crippen LogP contribution in [0.4, 0.5) is 11.4 Å². The van der Waals surface area contributed by atoms with Gasteiger partial charge in [0.2, 0.25) is 0 Å². The van der Waals surface area contributed by atoms with Crippen molar-refractivity contribution in [3.63, 3.8) is 0 Å². The van der Waals surface area contributed by atoms with Gasteiger partial charge in [-0.25, -0.2) is 0 Å². The number of nitroso groups, excluding NO2 is 2. The maximum Gasteiger partial charge on any atom is 0.122 e. The zero-order chi connectivity index (χ0) is 20.3. The zero-order valence-electron chi connectivity index (χ0n) is 15.8. The second-order valence-corrected chi connectivity index (χ2v) is 6.71. The van der Waals surface area contributed by atoms with Crippen molar-refractivity contribution in [2.75, 3.05) is 0 Å². The predicted molar refractivity (Wildman–Crippen MR) is 113 cm³/mol. The summed E-state index contributed by atoms with van der Waals surface area (Å²) in [6.07, 6.45) is 2.30. The number of allylic oxidation sites excluding steroid dienone is 1. The smallest absolute Gasteiger partial charge is 0.122 e. The fraction of sp³-hybridized carbons (Fsp3) is 0.130. The van der Waals surface area contributed by atoms with E-state index in [9.17, 15) is 14.9 Å². The Labute approximate surface area is 163 Å². The van der Waals surface area contributed by atoms with Gasteiger partial charge in [-0.3, -0.25) is 0 Å². The van der Waals surface area contributed by atoms with E-state index in [1.165, 1.54) is 0 Å². The molecule has 0 amide bonds. The van der Waals surface area contributed by atoms with Gasteiger partial charge in [-0.15, -0.1) is 16.4 Å². The van der Waals surface area contributed by atoms with Crippen molar-refractivity contribution in [3.05, 3.63) is 87.7 Å². The van der Waals surface area contributed by atoms with Crippen molar-refractivity contribution in [2.24, 2.45) is 10.4 Å². The van der Waals surface area contributed by atoms with Crippen LogP contribution >= 0.6 is 0 Å². The third-order valence-corrected chi connectivity index (χ3v) is 4.75. The normalized spacial score (nSPS) is 10.5. The summed E-state index contributed by atoms with van der Waals surface area (Å²) in [7, 11) is 0. The van der Waals surface area contributed by atoms with Crippen molar-refractivity contribution in [1.29, 1.82) is 0 Å². The molecule has 0 aliphatic rings. The van der Waals surface area contributed by atoms with Crippen LogP contribution < -0.4 is 0 Å². The Bertz CT molecular complexity index is 1070. The third kappa shape index (κ3) is 3.60. The molecule has 3 aromatic rings. The monoisotopic (exact) mass is 372 g/mol. The molecule has 0 heterocycles. The molecular weight excluding hydrogens is 352 g/mol. The quantitative estimate of drug-likeness (QED) is 0.379. The molecule has 1 N–H and O–H groups in total. The maximum absolute atomic E-state index is 11.5. The third-order valence-electron chi connectivity index (χ3n) is 4.75. The number of aromatic hydroxyl groups is 1. The Morgan fingerprint density at radius 1 is 0.893 bits per heavy atom. The highest BCUT2D eigenvalue weighted by atomic mass is 16.3. The van der Waals surface area contributed by atoms with Crippen molar-refractivity contribution in [1.82, 2.24) is 0 Å². The lowest BCUT2D eigenvalue weighted by Crippen LogP contribution is -1.91. The summed E-state index contributed by atoms with van der Waals surface area (Å²) in [6, 6.07) is 14.3. The fourth-order valence-electron chi connectivity index (χ4n) is 3.32. The van der Waals surface area contributed by atoms with Gasteiger partial charge in [0.15, 0.2) is 0 Å². The van der Waals surface area contributed by atoms with Crippen LogP contribution in [0.2, 0.25) is 0 Å². The molecule has 0 aromatic heterocycles. The molecule has 3 aromatic carbocycles. The highest BCUT2D eigenvalue weighted by Gasteiger charge is 2.14.